The number of amides is 1. The van der Waals surface area contributed by atoms with Gasteiger partial charge in [0.05, 0.1) is 12.1 Å². The van der Waals surface area contributed by atoms with Gasteiger partial charge in [-0.15, -0.1) is 0 Å². The molecule has 0 spiro atoms. The van der Waals surface area contributed by atoms with E-state index in [-0.39, 0.29) is 18.1 Å². The molecule has 0 aromatic rings. The third-order valence-electron chi connectivity index (χ3n) is 2.26. The standard InChI is InChI=1S/C10H19NO2/c1-8(2)5-11-9(12)6-13-7-10(11,3)4/h8H,5-7H2,1-4H3. The van der Waals surface area contributed by atoms with Gasteiger partial charge in [-0.2, -0.15) is 0 Å². The van der Waals surface area contributed by atoms with Crippen LogP contribution in [-0.4, -0.2) is 36.1 Å². The van der Waals surface area contributed by atoms with Crippen LogP contribution in [0.4, 0.5) is 0 Å². The first-order valence-corrected chi connectivity index (χ1v) is 4.81. The lowest BCUT2D eigenvalue weighted by Crippen LogP contribution is -2.57. The number of morpholine rings is 1. The van der Waals surface area contributed by atoms with Gasteiger partial charge < -0.3 is 9.64 Å². The van der Waals surface area contributed by atoms with Crippen LogP contribution in [0, 0.1) is 5.92 Å². The van der Waals surface area contributed by atoms with E-state index >= 15 is 0 Å². The van der Waals surface area contributed by atoms with E-state index in [1.807, 2.05) is 18.7 Å². The monoisotopic (exact) mass is 185 g/mol. The zero-order valence-electron chi connectivity index (χ0n) is 8.96. The third-order valence-corrected chi connectivity index (χ3v) is 2.26. The highest BCUT2D eigenvalue weighted by atomic mass is 16.5. The second kappa shape index (κ2) is 3.66. The number of carbonyl (C=O) groups excluding carboxylic acids is 1. The Balaban J connectivity index is 2.69. The molecule has 1 aliphatic rings. The Morgan fingerprint density at radius 2 is 2.15 bits per heavy atom. The summed E-state index contributed by atoms with van der Waals surface area (Å²) in [4.78, 5) is 13.5. The topological polar surface area (TPSA) is 29.5 Å². The molecule has 0 aromatic heterocycles. The van der Waals surface area contributed by atoms with Crippen molar-refractivity contribution in [2.24, 2.45) is 5.92 Å². The molecule has 0 atom stereocenters. The maximum atomic E-state index is 11.5. The van der Waals surface area contributed by atoms with E-state index in [4.69, 9.17) is 4.74 Å². The molecule has 1 fully saturated rings. The third kappa shape index (κ3) is 2.44. The highest BCUT2D eigenvalue weighted by molar-refractivity contribution is 5.79. The molecule has 1 heterocycles. The van der Waals surface area contributed by atoms with E-state index in [9.17, 15) is 4.79 Å². The zero-order chi connectivity index (χ0) is 10.1. The van der Waals surface area contributed by atoms with Gasteiger partial charge in [-0.1, -0.05) is 13.8 Å². The molecule has 1 rings (SSSR count). The number of hydrogen-bond acceptors (Lipinski definition) is 2. The van der Waals surface area contributed by atoms with Gasteiger partial charge in [0.15, 0.2) is 0 Å². The second-order valence-electron chi connectivity index (χ2n) is 4.70. The SMILES string of the molecule is CC(C)CN1C(=O)COCC1(C)C. The normalized spacial score (nSPS) is 22.5. The van der Waals surface area contributed by atoms with Crippen molar-refractivity contribution in [2.45, 2.75) is 33.2 Å². The highest BCUT2D eigenvalue weighted by Crippen LogP contribution is 2.20. The van der Waals surface area contributed by atoms with Crippen molar-refractivity contribution in [1.29, 1.82) is 0 Å². The lowest BCUT2D eigenvalue weighted by Gasteiger charge is -2.42. The number of ether oxygens (including phenoxy) is 1. The van der Waals surface area contributed by atoms with Gasteiger partial charge >= 0.3 is 0 Å². The van der Waals surface area contributed by atoms with Crippen molar-refractivity contribution in [3.8, 4) is 0 Å². The fraction of sp³-hybridized carbons (Fsp3) is 0.900. The number of carbonyl (C=O) groups is 1. The number of rotatable bonds is 2. The molecule has 0 bridgehead atoms. The van der Waals surface area contributed by atoms with Crippen molar-refractivity contribution >= 4 is 5.91 Å². The molecular weight excluding hydrogens is 166 g/mol. The van der Waals surface area contributed by atoms with Crippen LogP contribution in [0.25, 0.3) is 0 Å². The molecule has 1 aliphatic heterocycles. The summed E-state index contributed by atoms with van der Waals surface area (Å²) in [5, 5.41) is 0. The fourth-order valence-electron chi connectivity index (χ4n) is 1.60. The molecular formula is C10H19NO2. The molecule has 13 heavy (non-hydrogen) atoms. The van der Waals surface area contributed by atoms with Crippen molar-refractivity contribution < 1.29 is 9.53 Å². The molecule has 3 heteroatoms. The second-order valence-corrected chi connectivity index (χ2v) is 4.70. The van der Waals surface area contributed by atoms with Crippen LogP contribution in [-0.2, 0) is 9.53 Å². The van der Waals surface area contributed by atoms with E-state index in [1.165, 1.54) is 0 Å². The minimum absolute atomic E-state index is 0.116. The van der Waals surface area contributed by atoms with E-state index in [0.717, 1.165) is 6.54 Å². The molecule has 0 aromatic carbocycles. The van der Waals surface area contributed by atoms with E-state index in [0.29, 0.717) is 12.5 Å². The largest absolute Gasteiger partial charge is 0.369 e. The summed E-state index contributed by atoms with van der Waals surface area (Å²) in [5.41, 5.74) is -0.139. The van der Waals surface area contributed by atoms with Crippen LogP contribution in [0.3, 0.4) is 0 Å². The van der Waals surface area contributed by atoms with Gasteiger partial charge in [0.25, 0.3) is 0 Å². The van der Waals surface area contributed by atoms with Crippen molar-refractivity contribution in [2.75, 3.05) is 19.8 Å². The molecule has 0 radical (unpaired) electrons. The highest BCUT2D eigenvalue weighted by Gasteiger charge is 2.35. The van der Waals surface area contributed by atoms with Crippen LogP contribution in [0.5, 0.6) is 0 Å². The van der Waals surface area contributed by atoms with Gasteiger partial charge in [-0.3, -0.25) is 4.79 Å². The first-order chi connectivity index (χ1) is 5.93. The summed E-state index contributed by atoms with van der Waals surface area (Å²) in [6, 6.07) is 0. The summed E-state index contributed by atoms with van der Waals surface area (Å²) in [6.07, 6.45) is 0. The first kappa shape index (κ1) is 10.5. The minimum Gasteiger partial charge on any atom is -0.369 e. The maximum Gasteiger partial charge on any atom is 0.249 e. The van der Waals surface area contributed by atoms with Gasteiger partial charge in [0.2, 0.25) is 5.91 Å². The van der Waals surface area contributed by atoms with E-state index in [1.54, 1.807) is 0 Å². The van der Waals surface area contributed by atoms with Crippen molar-refractivity contribution in [1.82, 2.24) is 4.90 Å². The Hall–Kier alpha value is -0.570. The first-order valence-electron chi connectivity index (χ1n) is 4.81. The lowest BCUT2D eigenvalue weighted by atomic mass is 10.0. The molecule has 76 valence electrons. The average molecular weight is 185 g/mol. The Morgan fingerprint density at radius 1 is 1.54 bits per heavy atom. The summed E-state index contributed by atoms with van der Waals surface area (Å²) in [7, 11) is 0. The zero-order valence-corrected chi connectivity index (χ0v) is 8.96. The molecule has 3 nitrogen and oxygen atoms in total. The predicted molar refractivity (Wildman–Crippen MR) is 51.4 cm³/mol. The Bertz CT molecular complexity index is 199. The number of nitrogens with zero attached hydrogens (tertiary/aromatic N) is 1. The Morgan fingerprint density at radius 3 is 2.62 bits per heavy atom. The molecule has 1 saturated heterocycles. The van der Waals surface area contributed by atoms with Crippen LogP contribution < -0.4 is 0 Å². The van der Waals surface area contributed by atoms with Crippen LogP contribution in [0.1, 0.15) is 27.7 Å². The average Bonchev–Trinajstić information content (AvgIpc) is 1.96. The lowest BCUT2D eigenvalue weighted by molar-refractivity contribution is -0.156. The van der Waals surface area contributed by atoms with E-state index in [2.05, 4.69) is 13.8 Å². The van der Waals surface area contributed by atoms with Crippen LogP contribution in [0.2, 0.25) is 0 Å². The van der Waals surface area contributed by atoms with Gasteiger partial charge in [-0.25, -0.2) is 0 Å². The van der Waals surface area contributed by atoms with Gasteiger partial charge in [0.1, 0.15) is 6.61 Å². The van der Waals surface area contributed by atoms with Gasteiger partial charge in [-0.05, 0) is 19.8 Å². The summed E-state index contributed by atoms with van der Waals surface area (Å²) < 4.78 is 5.22. The number of hydrogen-bond donors (Lipinski definition) is 0. The molecule has 0 N–H and O–H groups in total. The molecule has 0 saturated carbocycles. The van der Waals surface area contributed by atoms with Crippen molar-refractivity contribution in [3.05, 3.63) is 0 Å². The Kier molecular flexibility index (Phi) is 2.96. The van der Waals surface area contributed by atoms with Crippen LogP contribution >= 0.6 is 0 Å². The summed E-state index contributed by atoms with van der Waals surface area (Å²) in [5.74, 6) is 0.631. The van der Waals surface area contributed by atoms with Crippen molar-refractivity contribution in [3.63, 3.8) is 0 Å². The minimum atomic E-state index is -0.139. The molecule has 0 aliphatic carbocycles. The quantitative estimate of drug-likeness (QED) is 0.648. The predicted octanol–water partition coefficient (Wildman–Crippen LogP) is 1.28. The smallest absolute Gasteiger partial charge is 0.249 e. The summed E-state index contributed by atoms with van der Waals surface area (Å²) in [6.45, 7) is 10.1. The van der Waals surface area contributed by atoms with Crippen LogP contribution in [0.15, 0.2) is 0 Å². The van der Waals surface area contributed by atoms with Gasteiger partial charge in [0, 0.05) is 6.54 Å². The fourth-order valence-corrected chi connectivity index (χ4v) is 1.60. The molecule has 1 amide bonds. The molecule has 0 unspecified atom stereocenters. The summed E-state index contributed by atoms with van der Waals surface area (Å²) >= 11 is 0. The maximum absolute atomic E-state index is 11.5. The van der Waals surface area contributed by atoms with E-state index < -0.39 is 0 Å². The Labute approximate surface area is 80.1 Å².